The van der Waals surface area contributed by atoms with Gasteiger partial charge >= 0.3 is 0 Å². The number of benzene rings is 2. The molecule has 166 valence electrons. The van der Waals surface area contributed by atoms with Crippen LogP contribution in [0.25, 0.3) is 22.5 Å². The van der Waals surface area contributed by atoms with Crippen molar-refractivity contribution in [3.8, 4) is 28.3 Å². The largest absolute Gasteiger partial charge is 0.497 e. The van der Waals surface area contributed by atoms with Crippen LogP contribution in [0.5, 0.6) is 5.75 Å². The predicted molar refractivity (Wildman–Crippen MR) is 124 cm³/mol. The van der Waals surface area contributed by atoms with E-state index in [0.717, 1.165) is 15.8 Å². The van der Waals surface area contributed by atoms with Crippen molar-refractivity contribution in [2.75, 3.05) is 12.4 Å². The SMILES string of the molecule is COc1ccc(-c2ccc(=O)n([C@@H](C)C(=O)Nc3ccc(-c4ccc(=O)[nH]n4)cc3)n2)cc1. The fourth-order valence-corrected chi connectivity index (χ4v) is 3.21. The number of ether oxygens (including phenoxy) is 1. The van der Waals surface area contributed by atoms with E-state index in [-0.39, 0.29) is 17.0 Å². The zero-order valence-electron chi connectivity index (χ0n) is 18.0. The smallest absolute Gasteiger partial charge is 0.267 e. The molecule has 9 heteroatoms. The summed E-state index contributed by atoms with van der Waals surface area (Å²) in [5.74, 6) is 0.327. The summed E-state index contributed by atoms with van der Waals surface area (Å²) in [6, 6.07) is 19.4. The standard InChI is InChI=1S/C24H21N5O4/c1-15(29-23(31)14-12-21(28-29)17-5-9-19(33-2)10-6-17)24(32)25-18-7-3-16(4-8-18)20-11-13-22(30)27-26-20/h3-15H,1-2H3,(H,25,32)(H,27,30)/t15-/m0/s1. The highest BCUT2D eigenvalue weighted by atomic mass is 16.5. The topological polar surface area (TPSA) is 119 Å². The number of amides is 1. The lowest BCUT2D eigenvalue weighted by Crippen LogP contribution is -2.33. The molecule has 2 aromatic carbocycles. The van der Waals surface area contributed by atoms with Crippen LogP contribution in [0.3, 0.4) is 0 Å². The number of aromatic amines is 1. The van der Waals surface area contributed by atoms with Crippen LogP contribution in [-0.4, -0.2) is 33.0 Å². The van der Waals surface area contributed by atoms with E-state index in [1.165, 1.54) is 12.1 Å². The highest BCUT2D eigenvalue weighted by molar-refractivity contribution is 5.93. The van der Waals surface area contributed by atoms with Gasteiger partial charge in [0, 0.05) is 28.9 Å². The highest BCUT2D eigenvalue weighted by Gasteiger charge is 2.18. The van der Waals surface area contributed by atoms with Gasteiger partial charge < -0.3 is 10.1 Å². The fourth-order valence-electron chi connectivity index (χ4n) is 3.21. The number of methoxy groups -OCH3 is 1. The molecule has 0 unspecified atom stereocenters. The van der Waals surface area contributed by atoms with Gasteiger partial charge in [-0.3, -0.25) is 14.4 Å². The van der Waals surface area contributed by atoms with Crippen LogP contribution in [0.15, 0.2) is 82.4 Å². The maximum atomic E-state index is 12.8. The summed E-state index contributed by atoms with van der Waals surface area (Å²) in [4.78, 5) is 36.4. The molecule has 9 nitrogen and oxygen atoms in total. The van der Waals surface area contributed by atoms with Crippen LogP contribution in [0.4, 0.5) is 5.69 Å². The van der Waals surface area contributed by atoms with Gasteiger partial charge in [-0.1, -0.05) is 12.1 Å². The van der Waals surface area contributed by atoms with Crippen molar-refractivity contribution in [2.24, 2.45) is 0 Å². The van der Waals surface area contributed by atoms with Crippen LogP contribution in [0.2, 0.25) is 0 Å². The van der Waals surface area contributed by atoms with E-state index < -0.39 is 6.04 Å². The Labute approximate surface area is 188 Å². The van der Waals surface area contributed by atoms with Gasteiger partial charge in [0.25, 0.3) is 11.1 Å². The fraction of sp³-hybridized carbons (Fsp3) is 0.125. The van der Waals surface area contributed by atoms with Crippen molar-refractivity contribution in [3.63, 3.8) is 0 Å². The minimum absolute atomic E-state index is 0.281. The second-order valence-electron chi connectivity index (χ2n) is 7.28. The summed E-state index contributed by atoms with van der Waals surface area (Å²) in [7, 11) is 1.59. The van der Waals surface area contributed by atoms with Crippen molar-refractivity contribution in [2.45, 2.75) is 13.0 Å². The summed E-state index contributed by atoms with van der Waals surface area (Å²) in [5, 5.41) is 13.5. The van der Waals surface area contributed by atoms with Gasteiger partial charge in [-0.15, -0.1) is 0 Å². The van der Waals surface area contributed by atoms with Crippen molar-refractivity contribution in [1.82, 2.24) is 20.0 Å². The molecule has 0 aliphatic rings. The number of aromatic nitrogens is 4. The van der Waals surface area contributed by atoms with Gasteiger partial charge in [-0.2, -0.15) is 10.2 Å². The summed E-state index contributed by atoms with van der Waals surface area (Å²) >= 11 is 0. The van der Waals surface area contributed by atoms with E-state index in [1.807, 2.05) is 12.1 Å². The Morgan fingerprint density at radius 1 is 0.909 bits per heavy atom. The van der Waals surface area contributed by atoms with Crippen molar-refractivity contribution in [1.29, 1.82) is 0 Å². The van der Waals surface area contributed by atoms with Crippen LogP contribution in [0.1, 0.15) is 13.0 Å². The van der Waals surface area contributed by atoms with Crippen molar-refractivity contribution >= 4 is 11.6 Å². The summed E-state index contributed by atoms with van der Waals surface area (Å²) < 4.78 is 6.33. The van der Waals surface area contributed by atoms with E-state index in [1.54, 1.807) is 62.6 Å². The second kappa shape index (κ2) is 9.31. The van der Waals surface area contributed by atoms with Crippen LogP contribution >= 0.6 is 0 Å². The lowest BCUT2D eigenvalue weighted by Gasteiger charge is -2.15. The average Bonchev–Trinajstić information content (AvgIpc) is 2.85. The number of nitrogens with zero attached hydrogens (tertiary/aromatic N) is 3. The van der Waals surface area contributed by atoms with Crippen molar-refractivity contribution < 1.29 is 9.53 Å². The molecule has 1 atom stereocenters. The summed E-state index contributed by atoms with van der Waals surface area (Å²) in [6.45, 7) is 1.61. The number of H-pyrrole nitrogens is 1. The number of anilines is 1. The molecule has 0 aliphatic heterocycles. The van der Waals surface area contributed by atoms with Crippen molar-refractivity contribution in [3.05, 3.63) is 93.5 Å². The first-order valence-electron chi connectivity index (χ1n) is 10.2. The number of carbonyl (C=O) groups is 1. The van der Waals surface area contributed by atoms with E-state index in [9.17, 15) is 14.4 Å². The normalized spacial score (nSPS) is 11.6. The van der Waals surface area contributed by atoms with Gasteiger partial charge in [0.05, 0.1) is 18.5 Å². The first-order chi connectivity index (χ1) is 15.9. The Hall–Kier alpha value is -4.53. The van der Waals surface area contributed by atoms with E-state index >= 15 is 0 Å². The lowest BCUT2D eigenvalue weighted by atomic mass is 10.1. The van der Waals surface area contributed by atoms with E-state index in [0.29, 0.717) is 22.8 Å². The predicted octanol–water partition coefficient (Wildman–Crippen LogP) is 2.87. The van der Waals surface area contributed by atoms with Gasteiger partial charge in [0.1, 0.15) is 11.8 Å². The molecule has 2 heterocycles. The van der Waals surface area contributed by atoms with Gasteiger partial charge in [0.2, 0.25) is 5.91 Å². The lowest BCUT2D eigenvalue weighted by molar-refractivity contribution is -0.119. The Bertz CT molecular complexity index is 1370. The van der Waals surface area contributed by atoms with Gasteiger partial charge in [-0.05, 0) is 55.5 Å². The molecule has 0 spiro atoms. The molecule has 2 N–H and O–H groups in total. The number of carbonyl (C=O) groups excluding carboxylic acids is 1. The summed E-state index contributed by atoms with van der Waals surface area (Å²) in [5.41, 5.74) is 2.64. The monoisotopic (exact) mass is 443 g/mol. The first kappa shape index (κ1) is 21.7. The molecule has 0 saturated carbocycles. The molecule has 0 saturated heterocycles. The quantitative estimate of drug-likeness (QED) is 0.473. The Kier molecular flexibility index (Phi) is 6.12. The molecule has 0 aliphatic carbocycles. The van der Waals surface area contributed by atoms with Gasteiger partial charge in [0.15, 0.2) is 0 Å². The zero-order chi connectivity index (χ0) is 23.4. The van der Waals surface area contributed by atoms with Crippen LogP contribution in [0, 0.1) is 0 Å². The molecule has 1 amide bonds. The minimum atomic E-state index is -0.837. The highest BCUT2D eigenvalue weighted by Crippen LogP contribution is 2.21. The Morgan fingerprint density at radius 2 is 1.55 bits per heavy atom. The molecule has 0 fully saturated rings. The maximum Gasteiger partial charge on any atom is 0.267 e. The third kappa shape index (κ3) is 4.87. The molecule has 33 heavy (non-hydrogen) atoms. The van der Waals surface area contributed by atoms with Crippen LogP contribution in [-0.2, 0) is 4.79 Å². The number of nitrogens with one attached hydrogen (secondary N) is 2. The molecule has 4 rings (SSSR count). The third-order valence-corrected chi connectivity index (χ3v) is 5.08. The first-order valence-corrected chi connectivity index (χ1v) is 10.2. The van der Waals surface area contributed by atoms with E-state index in [4.69, 9.17) is 4.74 Å². The molecular weight excluding hydrogens is 422 g/mol. The average molecular weight is 443 g/mol. The number of hydrogen-bond acceptors (Lipinski definition) is 6. The number of rotatable bonds is 6. The minimum Gasteiger partial charge on any atom is -0.497 e. The van der Waals surface area contributed by atoms with Gasteiger partial charge in [-0.25, -0.2) is 9.78 Å². The molecular formula is C24H21N5O4. The maximum absolute atomic E-state index is 12.8. The molecule has 2 aromatic heterocycles. The zero-order valence-corrected chi connectivity index (χ0v) is 18.0. The second-order valence-corrected chi connectivity index (χ2v) is 7.28. The molecule has 0 radical (unpaired) electrons. The van der Waals surface area contributed by atoms with Crippen LogP contribution < -0.4 is 21.2 Å². The molecule has 4 aromatic rings. The summed E-state index contributed by atoms with van der Waals surface area (Å²) in [6.07, 6.45) is 0. The Balaban J connectivity index is 1.51. The number of hydrogen-bond donors (Lipinski definition) is 2. The van der Waals surface area contributed by atoms with E-state index in [2.05, 4.69) is 20.6 Å². The Morgan fingerprint density at radius 3 is 2.18 bits per heavy atom. The third-order valence-electron chi connectivity index (χ3n) is 5.08. The molecule has 0 bridgehead atoms.